The molecular formula is C8H15FO4S. The molecule has 0 spiro atoms. The molecule has 4 nitrogen and oxygen atoms in total. The van der Waals surface area contributed by atoms with Crippen molar-refractivity contribution in [3.63, 3.8) is 0 Å². The maximum absolute atomic E-state index is 13.8. The van der Waals surface area contributed by atoms with Crippen molar-refractivity contribution in [3.8, 4) is 0 Å². The van der Waals surface area contributed by atoms with Gasteiger partial charge < -0.3 is 4.74 Å². The summed E-state index contributed by atoms with van der Waals surface area (Å²) in [7, 11) is -2.45. The smallest absolute Gasteiger partial charge is 0.267 e. The average Bonchev–Trinajstić information content (AvgIpc) is 2.17. The topological polar surface area (TPSA) is 52.6 Å². The minimum Gasteiger partial charge on any atom is -0.381 e. The normalized spacial score (nSPS) is 22.1. The van der Waals surface area contributed by atoms with E-state index < -0.39 is 15.8 Å². The van der Waals surface area contributed by atoms with Crippen LogP contribution in [0.5, 0.6) is 0 Å². The van der Waals surface area contributed by atoms with Crippen LogP contribution in [0.3, 0.4) is 0 Å². The lowest BCUT2D eigenvalue weighted by molar-refractivity contribution is -0.0102. The van der Waals surface area contributed by atoms with Crippen LogP contribution >= 0.6 is 0 Å². The van der Waals surface area contributed by atoms with Gasteiger partial charge in [0.05, 0.1) is 12.9 Å². The molecule has 0 radical (unpaired) electrons. The summed E-state index contributed by atoms with van der Waals surface area (Å²) in [4.78, 5) is 0. The van der Waals surface area contributed by atoms with Crippen molar-refractivity contribution in [2.45, 2.75) is 24.9 Å². The van der Waals surface area contributed by atoms with Crippen molar-refractivity contribution in [1.82, 2.24) is 0 Å². The predicted octanol–water partition coefficient (Wildman–Crippen LogP) is 0.871. The van der Waals surface area contributed by atoms with Crippen LogP contribution in [0, 0.1) is 0 Å². The number of hydrogen-bond donors (Lipinski definition) is 0. The standard InChI is InChI=1S/C8H15FO4S/c1-12-14(10,11)7-4-8(9)2-5-13-6-3-8/h2-7H2,1H3. The molecular weight excluding hydrogens is 211 g/mol. The summed E-state index contributed by atoms with van der Waals surface area (Å²) in [5.41, 5.74) is -1.40. The maximum atomic E-state index is 13.8. The van der Waals surface area contributed by atoms with Crippen molar-refractivity contribution >= 4 is 10.1 Å². The molecule has 14 heavy (non-hydrogen) atoms. The zero-order chi connectivity index (χ0) is 10.7. The second-order valence-electron chi connectivity index (χ2n) is 3.44. The minimum absolute atomic E-state index is 0.00741. The Labute approximate surface area is 83.5 Å². The monoisotopic (exact) mass is 226 g/mol. The number of alkyl halides is 1. The van der Waals surface area contributed by atoms with E-state index in [1.165, 1.54) is 0 Å². The Morgan fingerprint density at radius 3 is 2.50 bits per heavy atom. The molecule has 0 aliphatic carbocycles. The molecule has 0 aromatic heterocycles. The van der Waals surface area contributed by atoms with Gasteiger partial charge in [0.2, 0.25) is 0 Å². The van der Waals surface area contributed by atoms with Crippen LogP contribution in [0.1, 0.15) is 19.3 Å². The van der Waals surface area contributed by atoms with Crippen LogP contribution in [0.4, 0.5) is 4.39 Å². The summed E-state index contributed by atoms with van der Waals surface area (Å²) in [5, 5.41) is 0. The van der Waals surface area contributed by atoms with Crippen molar-refractivity contribution in [2.75, 3.05) is 26.1 Å². The van der Waals surface area contributed by atoms with E-state index in [1.807, 2.05) is 0 Å². The van der Waals surface area contributed by atoms with E-state index in [2.05, 4.69) is 4.18 Å². The van der Waals surface area contributed by atoms with Crippen LogP contribution < -0.4 is 0 Å². The minimum atomic E-state index is -3.54. The molecule has 0 saturated carbocycles. The van der Waals surface area contributed by atoms with E-state index >= 15 is 0 Å². The van der Waals surface area contributed by atoms with Crippen LogP contribution in [0.25, 0.3) is 0 Å². The number of hydrogen-bond acceptors (Lipinski definition) is 4. The first kappa shape index (κ1) is 11.9. The van der Waals surface area contributed by atoms with Gasteiger partial charge in [0, 0.05) is 26.1 Å². The first-order valence-electron chi connectivity index (χ1n) is 4.52. The van der Waals surface area contributed by atoms with Gasteiger partial charge in [-0.15, -0.1) is 0 Å². The van der Waals surface area contributed by atoms with Gasteiger partial charge in [-0.25, -0.2) is 4.39 Å². The lowest BCUT2D eigenvalue weighted by atomic mass is 9.94. The molecule has 0 atom stereocenters. The Balaban J connectivity index is 2.43. The van der Waals surface area contributed by atoms with Crippen molar-refractivity contribution < 1.29 is 21.7 Å². The largest absolute Gasteiger partial charge is 0.381 e. The quantitative estimate of drug-likeness (QED) is 0.667. The van der Waals surface area contributed by atoms with Gasteiger partial charge in [0.1, 0.15) is 5.67 Å². The number of ether oxygens (including phenoxy) is 1. The van der Waals surface area contributed by atoms with Gasteiger partial charge in [0.25, 0.3) is 10.1 Å². The predicted molar refractivity (Wildman–Crippen MR) is 49.3 cm³/mol. The van der Waals surface area contributed by atoms with Crippen molar-refractivity contribution in [1.29, 1.82) is 0 Å². The Hall–Kier alpha value is -0.200. The third-order valence-electron chi connectivity index (χ3n) is 2.44. The van der Waals surface area contributed by atoms with E-state index in [9.17, 15) is 12.8 Å². The highest BCUT2D eigenvalue weighted by Crippen LogP contribution is 2.29. The Bertz CT molecular complexity index is 269. The molecule has 1 heterocycles. The van der Waals surface area contributed by atoms with Crippen LogP contribution in [-0.2, 0) is 19.0 Å². The van der Waals surface area contributed by atoms with Gasteiger partial charge in [-0.1, -0.05) is 0 Å². The van der Waals surface area contributed by atoms with Crippen LogP contribution in [0.15, 0.2) is 0 Å². The lowest BCUT2D eigenvalue weighted by Crippen LogP contribution is -2.33. The highest BCUT2D eigenvalue weighted by Gasteiger charge is 2.33. The summed E-state index contributed by atoms with van der Waals surface area (Å²) in [6.45, 7) is 0.729. The molecule has 6 heteroatoms. The van der Waals surface area contributed by atoms with E-state index in [0.717, 1.165) is 7.11 Å². The molecule has 0 bridgehead atoms. The summed E-state index contributed by atoms with van der Waals surface area (Å²) in [6.07, 6.45) is 0.533. The summed E-state index contributed by atoms with van der Waals surface area (Å²) in [6, 6.07) is 0. The van der Waals surface area contributed by atoms with Gasteiger partial charge in [-0.2, -0.15) is 8.42 Å². The van der Waals surface area contributed by atoms with Crippen molar-refractivity contribution in [3.05, 3.63) is 0 Å². The fourth-order valence-corrected chi connectivity index (χ4v) is 2.16. The first-order valence-corrected chi connectivity index (χ1v) is 6.10. The number of halogens is 1. The Kier molecular flexibility index (Phi) is 3.86. The zero-order valence-corrected chi connectivity index (χ0v) is 8.98. The molecule has 0 aromatic rings. The molecule has 1 rings (SSSR count). The third kappa shape index (κ3) is 3.51. The Morgan fingerprint density at radius 1 is 1.43 bits per heavy atom. The molecule has 0 N–H and O–H groups in total. The molecule has 0 amide bonds. The molecule has 84 valence electrons. The molecule has 1 fully saturated rings. The summed E-state index contributed by atoms with van der Waals surface area (Å²) in [5.74, 6) is -0.264. The van der Waals surface area contributed by atoms with Crippen molar-refractivity contribution in [2.24, 2.45) is 0 Å². The van der Waals surface area contributed by atoms with Crippen LogP contribution in [0.2, 0.25) is 0 Å². The second kappa shape index (κ2) is 4.55. The molecule has 1 aliphatic heterocycles. The summed E-state index contributed by atoms with van der Waals surface area (Å²) < 4.78 is 45.0. The second-order valence-corrected chi connectivity index (χ2v) is 5.30. The Morgan fingerprint density at radius 2 is 2.00 bits per heavy atom. The molecule has 0 unspecified atom stereocenters. The average molecular weight is 226 g/mol. The van der Waals surface area contributed by atoms with E-state index in [1.54, 1.807) is 0 Å². The molecule has 1 saturated heterocycles. The van der Waals surface area contributed by atoms with E-state index in [-0.39, 0.29) is 25.0 Å². The zero-order valence-electron chi connectivity index (χ0n) is 8.16. The third-order valence-corrected chi connectivity index (χ3v) is 3.65. The highest BCUT2D eigenvalue weighted by molar-refractivity contribution is 7.86. The van der Waals surface area contributed by atoms with E-state index in [0.29, 0.717) is 13.2 Å². The molecule has 1 aliphatic rings. The SMILES string of the molecule is COS(=O)(=O)CCC1(F)CCOCC1. The van der Waals surface area contributed by atoms with Gasteiger partial charge in [-0.05, 0) is 6.42 Å². The number of rotatable bonds is 4. The van der Waals surface area contributed by atoms with Gasteiger partial charge >= 0.3 is 0 Å². The van der Waals surface area contributed by atoms with Gasteiger partial charge in [-0.3, -0.25) is 4.18 Å². The lowest BCUT2D eigenvalue weighted by Gasteiger charge is -2.29. The first-order chi connectivity index (χ1) is 6.47. The van der Waals surface area contributed by atoms with Gasteiger partial charge in [0.15, 0.2) is 0 Å². The fraction of sp³-hybridized carbons (Fsp3) is 1.00. The van der Waals surface area contributed by atoms with E-state index in [4.69, 9.17) is 4.74 Å². The molecule has 0 aromatic carbocycles. The van der Waals surface area contributed by atoms with Crippen LogP contribution in [-0.4, -0.2) is 40.2 Å². The summed E-state index contributed by atoms with van der Waals surface area (Å²) >= 11 is 0. The maximum Gasteiger partial charge on any atom is 0.267 e. The highest BCUT2D eigenvalue weighted by atomic mass is 32.2. The fourth-order valence-electron chi connectivity index (χ4n) is 1.38.